The maximum atomic E-state index is 12.4. The first-order chi connectivity index (χ1) is 11.3. The van der Waals surface area contributed by atoms with E-state index in [0.717, 1.165) is 0 Å². The molecule has 0 saturated carbocycles. The number of amides is 1. The van der Waals surface area contributed by atoms with E-state index < -0.39 is 26.7 Å². The Morgan fingerprint density at radius 2 is 1.96 bits per heavy atom. The van der Waals surface area contributed by atoms with E-state index in [9.17, 15) is 23.3 Å². The molecule has 0 aromatic heterocycles. The summed E-state index contributed by atoms with van der Waals surface area (Å²) in [6.45, 7) is 1.55. The Balaban J connectivity index is 1.87. The van der Waals surface area contributed by atoms with Gasteiger partial charge in [-0.15, -0.1) is 0 Å². The number of hydrogen-bond acceptors (Lipinski definition) is 5. The molecule has 1 unspecified atom stereocenters. The number of hydrogen-bond donors (Lipinski definition) is 1. The zero-order valence-electron chi connectivity index (χ0n) is 12.7. The van der Waals surface area contributed by atoms with Crippen LogP contribution in [0.4, 0.5) is 5.69 Å². The van der Waals surface area contributed by atoms with E-state index in [1.54, 1.807) is 25.1 Å². The van der Waals surface area contributed by atoms with Crippen molar-refractivity contribution in [3.05, 3.63) is 69.3 Å². The summed E-state index contributed by atoms with van der Waals surface area (Å²) in [5, 5.41) is 13.5. The zero-order chi connectivity index (χ0) is 17.5. The number of nitrogens with zero attached hydrogens (tertiary/aromatic N) is 1. The molecule has 1 heterocycles. The minimum atomic E-state index is -3.41. The third-order valence-electron chi connectivity index (χ3n) is 3.98. The Hall–Kier alpha value is -2.74. The van der Waals surface area contributed by atoms with Crippen LogP contribution in [0.25, 0.3) is 0 Å². The molecule has 1 N–H and O–H groups in total. The van der Waals surface area contributed by atoms with E-state index in [-0.39, 0.29) is 21.9 Å². The largest absolute Gasteiger partial charge is 0.344 e. The minimum absolute atomic E-state index is 0.0691. The fourth-order valence-corrected chi connectivity index (χ4v) is 4.55. The van der Waals surface area contributed by atoms with Gasteiger partial charge >= 0.3 is 0 Å². The molecule has 1 atom stereocenters. The van der Waals surface area contributed by atoms with Crippen molar-refractivity contribution < 1.29 is 18.1 Å². The van der Waals surface area contributed by atoms with E-state index in [4.69, 9.17) is 0 Å². The topological polar surface area (TPSA) is 106 Å². The number of nitrogens with one attached hydrogen (secondary N) is 1. The van der Waals surface area contributed by atoms with Crippen LogP contribution < -0.4 is 5.32 Å². The first kappa shape index (κ1) is 16.1. The lowest BCUT2D eigenvalue weighted by molar-refractivity contribution is -0.385. The van der Waals surface area contributed by atoms with Gasteiger partial charge in [0.2, 0.25) is 0 Å². The molecule has 1 aliphatic rings. The van der Waals surface area contributed by atoms with Crippen molar-refractivity contribution in [2.75, 3.05) is 5.75 Å². The summed E-state index contributed by atoms with van der Waals surface area (Å²) >= 11 is 0. The molecule has 8 heteroatoms. The van der Waals surface area contributed by atoms with E-state index in [2.05, 4.69) is 5.32 Å². The van der Waals surface area contributed by atoms with Crippen LogP contribution in [0.1, 0.15) is 27.5 Å². The second-order valence-electron chi connectivity index (χ2n) is 5.60. The van der Waals surface area contributed by atoms with Crippen molar-refractivity contribution >= 4 is 21.4 Å². The third-order valence-corrected chi connectivity index (χ3v) is 5.79. The average Bonchev–Trinajstić information content (AvgIpc) is 2.78. The normalized spacial score (nSPS) is 18.0. The van der Waals surface area contributed by atoms with Gasteiger partial charge in [-0.25, -0.2) is 8.42 Å². The monoisotopic (exact) mass is 346 g/mol. The number of fused-ring (bicyclic) bond motifs is 1. The number of nitro groups is 1. The minimum Gasteiger partial charge on any atom is -0.344 e. The van der Waals surface area contributed by atoms with E-state index in [0.29, 0.717) is 11.1 Å². The second-order valence-corrected chi connectivity index (χ2v) is 7.61. The standard InChI is InChI=1S/C16H14N2O5S/c1-10-8-11(6-7-14(10)18(20)21)16(19)17-13-9-24(22,23)15-5-3-2-4-12(13)15/h2-8,13H,9H2,1H3,(H,17,19). The lowest BCUT2D eigenvalue weighted by atomic mass is 10.1. The number of aryl methyl sites for hydroxylation is 1. The highest BCUT2D eigenvalue weighted by Gasteiger charge is 2.35. The van der Waals surface area contributed by atoms with Crippen LogP contribution >= 0.6 is 0 Å². The smallest absolute Gasteiger partial charge is 0.272 e. The summed E-state index contributed by atoms with van der Waals surface area (Å²) in [4.78, 5) is 22.9. The van der Waals surface area contributed by atoms with Gasteiger partial charge in [0.05, 0.1) is 21.6 Å². The fraction of sp³-hybridized carbons (Fsp3) is 0.188. The molecule has 0 radical (unpaired) electrons. The first-order valence-corrected chi connectivity index (χ1v) is 8.82. The highest BCUT2D eigenvalue weighted by atomic mass is 32.2. The van der Waals surface area contributed by atoms with E-state index in [1.165, 1.54) is 24.3 Å². The molecule has 1 aliphatic heterocycles. The van der Waals surface area contributed by atoms with E-state index in [1.807, 2.05) is 0 Å². The molecule has 7 nitrogen and oxygen atoms in total. The number of rotatable bonds is 3. The van der Waals surface area contributed by atoms with Crippen molar-refractivity contribution in [3.8, 4) is 0 Å². The summed E-state index contributed by atoms with van der Waals surface area (Å²) < 4.78 is 24.3. The molecule has 0 fully saturated rings. The van der Waals surface area contributed by atoms with Crippen LogP contribution in [-0.2, 0) is 9.84 Å². The van der Waals surface area contributed by atoms with Crippen LogP contribution in [-0.4, -0.2) is 25.0 Å². The van der Waals surface area contributed by atoms with Crippen molar-refractivity contribution in [2.45, 2.75) is 17.9 Å². The SMILES string of the molecule is Cc1cc(C(=O)NC2CS(=O)(=O)c3ccccc32)ccc1[N+](=O)[O-]. The Kier molecular flexibility index (Phi) is 3.84. The van der Waals surface area contributed by atoms with Crippen LogP contribution in [0.5, 0.6) is 0 Å². The van der Waals surface area contributed by atoms with E-state index >= 15 is 0 Å². The fourth-order valence-electron chi connectivity index (χ4n) is 2.81. The number of benzene rings is 2. The Bertz CT molecular complexity index is 953. The molecule has 24 heavy (non-hydrogen) atoms. The Labute approximate surface area is 138 Å². The predicted molar refractivity (Wildman–Crippen MR) is 86.5 cm³/mol. The van der Waals surface area contributed by atoms with Crippen LogP contribution in [0.15, 0.2) is 47.4 Å². The quantitative estimate of drug-likeness (QED) is 0.677. The first-order valence-electron chi connectivity index (χ1n) is 7.17. The molecular weight excluding hydrogens is 332 g/mol. The highest BCUT2D eigenvalue weighted by molar-refractivity contribution is 7.91. The van der Waals surface area contributed by atoms with Gasteiger partial charge in [0.25, 0.3) is 11.6 Å². The maximum absolute atomic E-state index is 12.4. The van der Waals surface area contributed by atoms with Crippen molar-refractivity contribution in [2.24, 2.45) is 0 Å². The molecule has 3 rings (SSSR count). The third kappa shape index (κ3) is 2.76. The van der Waals surface area contributed by atoms with Crippen molar-refractivity contribution in [3.63, 3.8) is 0 Å². The molecule has 124 valence electrons. The molecule has 1 amide bonds. The van der Waals surface area contributed by atoms with Gasteiger partial charge < -0.3 is 5.32 Å². The van der Waals surface area contributed by atoms with Gasteiger partial charge in [-0.2, -0.15) is 0 Å². The number of carbonyl (C=O) groups excluding carboxylic acids is 1. The summed E-state index contributed by atoms with van der Waals surface area (Å²) in [6.07, 6.45) is 0. The molecular formula is C16H14N2O5S. The van der Waals surface area contributed by atoms with Gasteiger partial charge in [0.1, 0.15) is 0 Å². The summed E-state index contributed by atoms with van der Waals surface area (Å²) in [5.74, 6) is -0.658. The van der Waals surface area contributed by atoms with Crippen molar-refractivity contribution in [1.82, 2.24) is 5.32 Å². The number of sulfone groups is 1. The lowest BCUT2D eigenvalue weighted by Crippen LogP contribution is -2.29. The second kappa shape index (κ2) is 5.72. The summed E-state index contributed by atoms with van der Waals surface area (Å²) in [5.41, 5.74) is 1.11. The molecule has 0 saturated heterocycles. The molecule has 0 bridgehead atoms. The number of carbonyl (C=O) groups is 1. The Morgan fingerprint density at radius 1 is 1.25 bits per heavy atom. The van der Waals surface area contributed by atoms with Gasteiger partial charge in [-0.05, 0) is 30.7 Å². The molecule has 0 spiro atoms. The van der Waals surface area contributed by atoms with Gasteiger partial charge in [0, 0.05) is 17.2 Å². The highest BCUT2D eigenvalue weighted by Crippen LogP contribution is 2.33. The van der Waals surface area contributed by atoms with Crippen molar-refractivity contribution in [1.29, 1.82) is 0 Å². The number of nitro benzene ring substituents is 1. The molecule has 2 aromatic rings. The average molecular weight is 346 g/mol. The molecule has 0 aliphatic carbocycles. The predicted octanol–water partition coefficient (Wildman–Crippen LogP) is 2.16. The summed E-state index contributed by atoms with van der Waals surface area (Å²) in [7, 11) is -3.41. The lowest BCUT2D eigenvalue weighted by Gasteiger charge is -2.13. The zero-order valence-corrected chi connectivity index (χ0v) is 13.5. The summed E-state index contributed by atoms with van der Waals surface area (Å²) in [6, 6.07) is 9.96. The van der Waals surface area contributed by atoms with Crippen LogP contribution in [0.3, 0.4) is 0 Å². The Morgan fingerprint density at radius 3 is 2.62 bits per heavy atom. The van der Waals surface area contributed by atoms with Crippen LogP contribution in [0.2, 0.25) is 0 Å². The molecule has 2 aromatic carbocycles. The van der Waals surface area contributed by atoms with Gasteiger partial charge in [0.15, 0.2) is 9.84 Å². The maximum Gasteiger partial charge on any atom is 0.272 e. The van der Waals surface area contributed by atoms with Gasteiger partial charge in [-0.3, -0.25) is 14.9 Å². The van der Waals surface area contributed by atoms with Crippen LogP contribution in [0, 0.1) is 17.0 Å². The van der Waals surface area contributed by atoms with Gasteiger partial charge in [-0.1, -0.05) is 18.2 Å².